The van der Waals surface area contributed by atoms with E-state index in [1.54, 1.807) is 12.1 Å². The minimum Gasteiger partial charge on any atom is -0.484 e. The van der Waals surface area contributed by atoms with E-state index in [1.807, 2.05) is 0 Å². The number of halogens is 1. The van der Waals surface area contributed by atoms with Crippen LogP contribution >= 0.6 is 11.6 Å². The Hall–Kier alpha value is -2.01. The van der Waals surface area contributed by atoms with Crippen molar-refractivity contribution in [2.45, 2.75) is 25.7 Å². The van der Waals surface area contributed by atoms with Crippen LogP contribution in [-0.2, 0) is 9.59 Å². The first kappa shape index (κ1) is 13.6. The van der Waals surface area contributed by atoms with Crippen molar-refractivity contribution in [3.63, 3.8) is 0 Å². The van der Waals surface area contributed by atoms with Gasteiger partial charge in [-0.15, -0.1) is 0 Å². The van der Waals surface area contributed by atoms with Crippen molar-refractivity contribution < 1.29 is 19.1 Å². The quantitative estimate of drug-likeness (QED) is 0.747. The number of hydrogen-bond acceptors (Lipinski definition) is 4. The molecule has 0 N–H and O–H groups in total. The van der Waals surface area contributed by atoms with Gasteiger partial charge in [0.05, 0.1) is 10.7 Å². The van der Waals surface area contributed by atoms with Gasteiger partial charge in [-0.25, -0.2) is 4.90 Å². The first-order valence-electron chi connectivity index (χ1n) is 7.37. The summed E-state index contributed by atoms with van der Waals surface area (Å²) in [6.45, 7) is 0.760. The Labute approximate surface area is 132 Å². The van der Waals surface area contributed by atoms with Gasteiger partial charge in [-0.1, -0.05) is 11.6 Å². The van der Waals surface area contributed by atoms with Crippen molar-refractivity contribution in [3.05, 3.63) is 28.3 Å². The minimum absolute atomic E-state index is 0.238. The third-order valence-electron chi connectivity index (χ3n) is 4.25. The molecule has 0 saturated carbocycles. The number of hydrogen-bond donors (Lipinski definition) is 0. The average Bonchev–Trinajstić information content (AvgIpc) is 2.81. The molecule has 3 aliphatic rings. The van der Waals surface area contributed by atoms with Crippen LogP contribution in [0.5, 0.6) is 11.5 Å². The molecular weight excluding hydrogens is 306 g/mol. The summed E-state index contributed by atoms with van der Waals surface area (Å²) in [5.74, 6) is 0.299. The number of rotatable bonds is 1. The monoisotopic (exact) mass is 319 g/mol. The number of carbonyl (C=O) groups excluding carboxylic acids is 2. The normalized spacial score (nSPS) is 20.5. The lowest BCUT2D eigenvalue weighted by molar-refractivity contribution is -0.120. The van der Waals surface area contributed by atoms with Crippen LogP contribution in [0.1, 0.15) is 25.7 Å². The van der Waals surface area contributed by atoms with Crippen LogP contribution in [0.4, 0.5) is 5.69 Å². The molecule has 0 atom stereocenters. The standard InChI is InChI=1S/C16H14ClNO4/c17-11-5-6-12(14-13(11)21-7-8-22-14)18-15(19)9-3-1-2-4-10(9)16(18)20/h5-6H,1-4,7-8H2. The third kappa shape index (κ3) is 1.85. The van der Waals surface area contributed by atoms with E-state index in [4.69, 9.17) is 21.1 Å². The molecule has 4 rings (SSSR count). The molecule has 1 aliphatic carbocycles. The smallest absolute Gasteiger partial charge is 0.261 e. The predicted molar refractivity (Wildman–Crippen MR) is 80.4 cm³/mol. The third-order valence-corrected chi connectivity index (χ3v) is 4.55. The lowest BCUT2D eigenvalue weighted by Gasteiger charge is -2.25. The van der Waals surface area contributed by atoms with Crippen molar-refractivity contribution in [3.8, 4) is 11.5 Å². The van der Waals surface area contributed by atoms with Gasteiger partial charge in [-0.2, -0.15) is 0 Å². The molecule has 2 heterocycles. The molecule has 0 bridgehead atoms. The number of nitrogens with zero attached hydrogens (tertiary/aromatic N) is 1. The first-order valence-corrected chi connectivity index (χ1v) is 7.75. The molecular formula is C16H14ClNO4. The number of fused-ring (bicyclic) bond motifs is 1. The van der Waals surface area contributed by atoms with Gasteiger partial charge in [0.25, 0.3) is 11.8 Å². The Balaban J connectivity index is 1.81. The van der Waals surface area contributed by atoms with Crippen LogP contribution in [0.2, 0.25) is 5.02 Å². The van der Waals surface area contributed by atoms with E-state index in [0.717, 1.165) is 12.8 Å². The highest BCUT2D eigenvalue weighted by molar-refractivity contribution is 6.35. The number of anilines is 1. The van der Waals surface area contributed by atoms with Gasteiger partial charge in [-0.05, 0) is 37.8 Å². The van der Waals surface area contributed by atoms with Crippen molar-refractivity contribution in [1.29, 1.82) is 0 Å². The van der Waals surface area contributed by atoms with Crippen LogP contribution < -0.4 is 14.4 Å². The fourth-order valence-corrected chi connectivity index (χ4v) is 3.43. The van der Waals surface area contributed by atoms with E-state index in [2.05, 4.69) is 0 Å². The van der Waals surface area contributed by atoms with Gasteiger partial charge in [0.15, 0.2) is 11.5 Å². The second kappa shape index (κ2) is 5.02. The molecule has 0 aromatic heterocycles. The summed E-state index contributed by atoms with van der Waals surface area (Å²) in [4.78, 5) is 26.5. The minimum atomic E-state index is -0.238. The first-order chi connectivity index (χ1) is 10.7. The van der Waals surface area contributed by atoms with Gasteiger partial charge < -0.3 is 9.47 Å². The Morgan fingerprint density at radius 2 is 1.50 bits per heavy atom. The summed E-state index contributed by atoms with van der Waals surface area (Å²) >= 11 is 6.11. The second-order valence-corrected chi connectivity index (χ2v) is 5.94. The summed E-state index contributed by atoms with van der Waals surface area (Å²) in [7, 11) is 0. The molecule has 22 heavy (non-hydrogen) atoms. The van der Waals surface area contributed by atoms with Crippen LogP contribution in [0, 0.1) is 0 Å². The highest BCUT2D eigenvalue weighted by Gasteiger charge is 2.41. The Bertz CT molecular complexity index is 697. The van der Waals surface area contributed by atoms with Gasteiger partial charge in [0.1, 0.15) is 13.2 Å². The number of ether oxygens (including phenoxy) is 2. The molecule has 0 radical (unpaired) electrons. The summed E-state index contributed by atoms with van der Waals surface area (Å²) in [6.07, 6.45) is 3.24. The molecule has 1 aromatic rings. The van der Waals surface area contributed by atoms with Gasteiger partial charge in [-0.3, -0.25) is 9.59 Å². The average molecular weight is 320 g/mol. The van der Waals surface area contributed by atoms with Gasteiger partial charge in [0, 0.05) is 11.1 Å². The van der Waals surface area contributed by atoms with Crippen molar-refractivity contribution >= 4 is 29.1 Å². The highest BCUT2D eigenvalue weighted by atomic mass is 35.5. The molecule has 5 nitrogen and oxygen atoms in total. The van der Waals surface area contributed by atoms with E-state index in [9.17, 15) is 9.59 Å². The molecule has 0 unspecified atom stereocenters. The lowest BCUT2D eigenvalue weighted by Crippen LogP contribution is -2.32. The Morgan fingerprint density at radius 3 is 2.14 bits per heavy atom. The summed E-state index contributed by atoms with van der Waals surface area (Å²) in [6, 6.07) is 3.27. The van der Waals surface area contributed by atoms with Gasteiger partial charge >= 0.3 is 0 Å². The molecule has 6 heteroatoms. The van der Waals surface area contributed by atoms with Crippen molar-refractivity contribution in [2.75, 3.05) is 18.1 Å². The zero-order valence-corrected chi connectivity index (χ0v) is 12.6. The zero-order chi connectivity index (χ0) is 15.3. The van der Waals surface area contributed by atoms with Gasteiger partial charge in [0.2, 0.25) is 0 Å². The topological polar surface area (TPSA) is 55.8 Å². The summed E-state index contributed by atoms with van der Waals surface area (Å²) in [5, 5.41) is 0.412. The Morgan fingerprint density at radius 1 is 0.909 bits per heavy atom. The summed E-state index contributed by atoms with van der Waals surface area (Å²) < 4.78 is 11.1. The molecule has 0 fully saturated rings. The predicted octanol–water partition coefficient (Wildman–Crippen LogP) is 2.86. The highest BCUT2D eigenvalue weighted by Crippen LogP contribution is 2.47. The fourth-order valence-electron chi connectivity index (χ4n) is 3.22. The largest absolute Gasteiger partial charge is 0.484 e. The second-order valence-electron chi connectivity index (χ2n) is 5.53. The van der Waals surface area contributed by atoms with E-state index < -0.39 is 0 Å². The van der Waals surface area contributed by atoms with E-state index in [1.165, 1.54) is 4.90 Å². The van der Waals surface area contributed by atoms with Crippen LogP contribution in [0.3, 0.4) is 0 Å². The number of benzene rings is 1. The van der Waals surface area contributed by atoms with E-state index in [-0.39, 0.29) is 11.8 Å². The lowest BCUT2D eigenvalue weighted by atomic mass is 9.93. The molecule has 0 spiro atoms. The SMILES string of the molecule is O=C1C2=C(CCCC2)C(=O)N1c1ccc(Cl)c2c1OCCO2. The maximum absolute atomic E-state index is 12.6. The van der Waals surface area contributed by atoms with Crippen molar-refractivity contribution in [2.24, 2.45) is 0 Å². The van der Waals surface area contributed by atoms with E-state index in [0.29, 0.717) is 59.4 Å². The summed E-state index contributed by atoms with van der Waals surface area (Å²) in [5.41, 5.74) is 1.72. The molecule has 1 aromatic carbocycles. The zero-order valence-electron chi connectivity index (χ0n) is 11.9. The number of amides is 2. The molecule has 2 amide bonds. The van der Waals surface area contributed by atoms with E-state index >= 15 is 0 Å². The number of imide groups is 1. The van der Waals surface area contributed by atoms with Crippen LogP contribution in [-0.4, -0.2) is 25.0 Å². The number of carbonyl (C=O) groups is 2. The van der Waals surface area contributed by atoms with Crippen LogP contribution in [0.15, 0.2) is 23.3 Å². The maximum atomic E-state index is 12.6. The maximum Gasteiger partial charge on any atom is 0.261 e. The molecule has 0 saturated heterocycles. The van der Waals surface area contributed by atoms with Crippen LogP contribution in [0.25, 0.3) is 0 Å². The Kier molecular flexibility index (Phi) is 3.11. The molecule has 114 valence electrons. The fraction of sp³-hybridized carbons (Fsp3) is 0.375. The molecule has 2 aliphatic heterocycles. The van der Waals surface area contributed by atoms with Crippen molar-refractivity contribution in [1.82, 2.24) is 0 Å².